The van der Waals surface area contributed by atoms with Crippen LogP contribution in [0, 0.1) is 0 Å². The first-order valence-corrected chi connectivity index (χ1v) is 6.04. The van der Waals surface area contributed by atoms with Crippen LogP contribution in [0.15, 0.2) is 15.7 Å². The number of nitrogens with one attached hydrogen (secondary N) is 2. The van der Waals surface area contributed by atoms with Gasteiger partial charge in [0.05, 0.1) is 13.0 Å². The second-order valence-corrected chi connectivity index (χ2v) is 4.05. The number of fused-ring (bicyclic) bond motifs is 1. The molecule has 2 heterocycles. The van der Waals surface area contributed by atoms with E-state index in [9.17, 15) is 14.4 Å². The lowest BCUT2D eigenvalue weighted by atomic mass is 10.4. The Labute approximate surface area is 113 Å². The third kappa shape index (κ3) is 2.68. The monoisotopic (exact) mass is 278 g/mol. The van der Waals surface area contributed by atoms with E-state index in [0.717, 1.165) is 0 Å². The van der Waals surface area contributed by atoms with Crippen LogP contribution in [-0.2, 0) is 16.6 Å². The first-order valence-electron chi connectivity index (χ1n) is 6.04. The van der Waals surface area contributed by atoms with Gasteiger partial charge in [0.15, 0.2) is 5.65 Å². The van der Waals surface area contributed by atoms with Crippen molar-refractivity contribution < 1.29 is 9.53 Å². The number of carbonyl (C=O) groups is 1. The lowest BCUT2D eigenvalue weighted by Crippen LogP contribution is -2.28. The molecule has 0 spiro atoms. The average molecular weight is 278 g/mol. The maximum Gasteiger partial charge on any atom is 0.329 e. The van der Waals surface area contributed by atoms with Crippen molar-refractivity contribution in [3.05, 3.63) is 32.7 Å². The Morgan fingerprint density at radius 2 is 2.15 bits per heavy atom. The number of imidazole rings is 1. The molecule has 2 rings (SSSR count). The quantitative estimate of drug-likeness (QED) is 0.760. The molecule has 2 N–H and O–H groups in total. The van der Waals surface area contributed by atoms with Crippen molar-refractivity contribution in [3.63, 3.8) is 0 Å². The van der Waals surface area contributed by atoms with Gasteiger partial charge >= 0.3 is 11.7 Å². The highest BCUT2D eigenvalue weighted by molar-refractivity contribution is 5.74. The van der Waals surface area contributed by atoms with Crippen LogP contribution < -0.4 is 11.2 Å². The molecule has 0 unspecified atom stereocenters. The van der Waals surface area contributed by atoms with Gasteiger partial charge in [-0.3, -0.25) is 19.1 Å². The fourth-order valence-electron chi connectivity index (χ4n) is 1.69. The molecule has 0 saturated carbocycles. The molecule has 20 heavy (non-hydrogen) atoms. The Bertz CT molecular complexity index is 781. The van der Waals surface area contributed by atoms with Crippen LogP contribution in [0.2, 0.25) is 0 Å². The summed E-state index contributed by atoms with van der Waals surface area (Å²) in [5.74, 6) is 0.0427. The molecular formula is C12H14N4O4. The second-order valence-electron chi connectivity index (χ2n) is 4.05. The van der Waals surface area contributed by atoms with E-state index in [1.165, 1.54) is 11.6 Å². The zero-order valence-corrected chi connectivity index (χ0v) is 11.1. The van der Waals surface area contributed by atoms with Crippen LogP contribution in [-0.4, -0.2) is 32.1 Å². The Morgan fingerprint density at radius 3 is 2.85 bits per heavy atom. The molecule has 0 aliphatic rings. The van der Waals surface area contributed by atoms with Crippen LogP contribution in [0.1, 0.15) is 19.2 Å². The third-order valence-electron chi connectivity index (χ3n) is 2.64. The number of esters is 1. The molecule has 0 bridgehead atoms. The van der Waals surface area contributed by atoms with Crippen molar-refractivity contribution in [2.45, 2.75) is 13.3 Å². The summed E-state index contributed by atoms with van der Waals surface area (Å²) in [5.41, 5.74) is -0.589. The van der Waals surface area contributed by atoms with Crippen LogP contribution in [0.3, 0.4) is 0 Å². The largest absolute Gasteiger partial charge is 0.466 e. The highest BCUT2D eigenvalue weighted by atomic mass is 16.5. The molecular weight excluding hydrogens is 264 g/mol. The van der Waals surface area contributed by atoms with Crippen LogP contribution in [0.4, 0.5) is 0 Å². The van der Waals surface area contributed by atoms with E-state index in [-0.39, 0.29) is 23.6 Å². The number of carbonyl (C=O) groups excluding carboxylic acids is 1. The molecule has 0 aliphatic heterocycles. The highest BCUT2D eigenvalue weighted by Gasteiger charge is 2.09. The molecule has 0 saturated heterocycles. The summed E-state index contributed by atoms with van der Waals surface area (Å²) in [6, 6.07) is 0. The van der Waals surface area contributed by atoms with Crippen LogP contribution in [0.5, 0.6) is 0 Å². The summed E-state index contributed by atoms with van der Waals surface area (Å²) in [6.07, 6.45) is 3.24. The summed E-state index contributed by atoms with van der Waals surface area (Å²) < 4.78 is 6.00. The first-order chi connectivity index (χ1) is 9.52. The van der Waals surface area contributed by atoms with Crippen LogP contribution in [0.25, 0.3) is 17.2 Å². The van der Waals surface area contributed by atoms with Crippen LogP contribution >= 0.6 is 0 Å². The molecule has 0 radical (unpaired) electrons. The normalized spacial score (nSPS) is 11.3. The molecule has 0 fully saturated rings. The molecule has 106 valence electrons. The van der Waals surface area contributed by atoms with Gasteiger partial charge in [0.2, 0.25) is 0 Å². The Hall–Kier alpha value is -2.64. The number of aromatic amines is 2. The van der Waals surface area contributed by atoms with Crippen molar-refractivity contribution in [3.8, 4) is 0 Å². The zero-order valence-electron chi connectivity index (χ0n) is 11.1. The summed E-state index contributed by atoms with van der Waals surface area (Å²) in [5, 5.41) is 0. The van der Waals surface area contributed by atoms with Gasteiger partial charge in [-0.05, 0) is 13.0 Å². The van der Waals surface area contributed by atoms with Gasteiger partial charge in [0, 0.05) is 7.05 Å². The summed E-state index contributed by atoms with van der Waals surface area (Å²) in [4.78, 5) is 43.2. The summed E-state index contributed by atoms with van der Waals surface area (Å²) in [7, 11) is 1.51. The van der Waals surface area contributed by atoms with Gasteiger partial charge in [-0.1, -0.05) is 6.08 Å². The minimum absolute atomic E-state index is 0.111. The third-order valence-corrected chi connectivity index (χ3v) is 2.64. The van der Waals surface area contributed by atoms with Gasteiger partial charge in [-0.15, -0.1) is 0 Å². The average Bonchev–Trinajstić information content (AvgIpc) is 2.81. The lowest BCUT2D eigenvalue weighted by Gasteiger charge is -1.95. The SMILES string of the molecule is CCOC(=O)CC=Cc1nc2c([nH]1)c(=O)[nH]c(=O)n2C. The van der Waals surface area contributed by atoms with E-state index in [2.05, 4.69) is 15.0 Å². The second kappa shape index (κ2) is 5.55. The molecule has 8 heteroatoms. The van der Waals surface area contributed by atoms with E-state index < -0.39 is 11.2 Å². The number of aromatic nitrogens is 4. The fourth-order valence-corrected chi connectivity index (χ4v) is 1.69. The Kier molecular flexibility index (Phi) is 3.83. The van der Waals surface area contributed by atoms with E-state index in [1.807, 2.05) is 0 Å². The van der Waals surface area contributed by atoms with Gasteiger partial charge in [0.25, 0.3) is 5.56 Å². The van der Waals surface area contributed by atoms with Crippen molar-refractivity contribution in [2.75, 3.05) is 6.61 Å². The summed E-state index contributed by atoms with van der Waals surface area (Å²) in [6.45, 7) is 2.06. The predicted molar refractivity (Wildman–Crippen MR) is 72.2 cm³/mol. The molecule has 2 aromatic rings. The number of nitrogens with zero attached hydrogens (tertiary/aromatic N) is 2. The smallest absolute Gasteiger partial charge is 0.329 e. The van der Waals surface area contributed by atoms with Crippen molar-refractivity contribution in [1.82, 2.24) is 19.5 Å². The molecule has 2 aromatic heterocycles. The first kappa shape index (κ1) is 13.8. The Morgan fingerprint density at radius 1 is 1.40 bits per heavy atom. The molecule has 0 aliphatic carbocycles. The number of aryl methyl sites for hydroxylation is 1. The minimum atomic E-state index is -0.531. The van der Waals surface area contributed by atoms with Crippen molar-refractivity contribution in [2.24, 2.45) is 7.05 Å². The number of H-pyrrole nitrogens is 2. The highest BCUT2D eigenvalue weighted by Crippen LogP contribution is 2.05. The molecule has 0 amide bonds. The maximum absolute atomic E-state index is 11.6. The molecule has 0 atom stereocenters. The predicted octanol–water partition coefficient (Wildman–Crippen LogP) is -0.0837. The lowest BCUT2D eigenvalue weighted by molar-refractivity contribution is -0.142. The Balaban J connectivity index is 2.29. The molecule has 8 nitrogen and oxygen atoms in total. The van der Waals surface area contributed by atoms with E-state index >= 15 is 0 Å². The standard InChI is InChI=1S/C12H14N4O4/c1-3-20-8(17)6-4-5-7-13-9-10(14-7)16(2)12(19)15-11(9)18/h4-5H,3,6H2,1-2H3,(H,13,14)(H,15,18,19). The van der Waals surface area contributed by atoms with Gasteiger partial charge in [-0.2, -0.15) is 0 Å². The van der Waals surface area contributed by atoms with E-state index in [4.69, 9.17) is 4.74 Å². The van der Waals surface area contributed by atoms with Gasteiger partial charge in [-0.25, -0.2) is 9.78 Å². The van der Waals surface area contributed by atoms with Crippen molar-refractivity contribution in [1.29, 1.82) is 0 Å². The van der Waals surface area contributed by atoms with E-state index in [0.29, 0.717) is 12.4 Å². The van der Waals surface area contributed by atoms with Crippen molar-refractivity contribution >= 4 is 23.2 Å². The fraction of sp³-hybridized carbons (Fsp3) is 0.333. The maximum atomic E-state index is 11.6. The minimum Gasteiger partial charge on any atom is -0.466 e. The topological polar surface area (TPSA) is 110 Å². The number of rotatable bonds is 4. The number of hydrogen-bond donors (Lipinski definition) is 2. The zero-order chi connectivity index (χ0) is 14.7. The summed E-state index contributed by atoms with van der Waals surface area (Å²) >= 11 is 0. The number of hydrogen-bond acceptors (Lipinski definition) is 5. The van der Waals surface area contributed by atoms with Gasteiger partial charge in [0.1, 0.15) is 11.3 Å². The van der Waals surface area contributed by atoms with Gasteiger partial charge < -0.3 is 9.72 Å². The number of ether oxygens (including phenoxy) is 1. The molecule has 0 aromatic carbocycles. The van der Waals surface area contributed by atoms with E-state index in [1.54, 1.807) is 19.1 Å².